The maximum absolute atomic E-state index is 13.3. The fourth-order valence-electron chi connectivity index (χ4n) is 4.13. The molecule has 2 aromatic carbocycles. The molecule has 1 fully saturated rings. The standard InChI is InChI=1S/C24H31FN4O2/c1-3-28(17-20-8-5-4-6-9-20)24(31)19(2)29-14-12-27(13-15-29)18-23(30)26-22-11-7-10-21(25)16-22/h4-11,16,19H,3,12-15,17-18H2,1-2H3,(H,26,30)/p+2/t19-/m1/s1. The fourth-order valence-corrected chi connectivity index (χ4v) is 4.13. The van der Waals surface area contributed by atoms with Crippen molar-refractivity contribution in [3.8, 4) is 0 Å². The number of piperazine rings is 1. The lowest BCUT2D eigenvalue weighted by atomic mass is 10.1. The highest BCUT2D eigenvalue weighted by Gasteiger charge is 2.33. The predicted octanol–water partition coefficient (Wildman–Crippen LogP) is -0.0152. The summed E-state index contributed by atoms with van der Waals surface area (Å²) in [5.74, 6) is -0.309. The van der Waals surface area contributed by atoms with Crippen LogP contribution in [-0.4, -0.2) is 62.0 Å². The zero-order chi connectivity index (χ0) is 22.2. The quantitative estimate of drug-likeness (QED) is 0.554. The first-order valence-corrected chi connectivity index (χ1v) is 11.0. The van der Waals surface area contributed by atoms with Crippen LogP contribution in [0.4, 0.5) is 10.1 Å². The summed E-state index contributed by atoms with van der Waals surface area (Å²) in [7, 11) is 0. The maximum Gasteiger partial charge on any atom is 0.280 e. The van der Waals surface area contributed by atoms with Crippen LogP contribution in [0.25, 0.3) is 0 Å². The Kier molecular flexibility index (Phi) is 8.14. The van der Waals surface area contributed by atoms with Gasteiger partial charge in [0.25, 0.3) is 11.8 Å². The molecule has 1 aliphatic heterocycles. The molecule has 6 nitrogen and oxygen atoms in total. The topological polar surface area (TPSA) is 58.3 Å². The summed E-state index contributed by atoms with van der Waals surface area (Å²) in [6.45, 7) is 9.03. The predicted molar refractivity (Wildman–Crippen MR) is 118 cm³/mol. The third-order valence-corrected chi connectivity index (χ3v) is 6.01. The third kappa shape index (κ3) is 6.60. The number of anilines is 1. The Morgan fingerprint density at radius 1 is 1.06 bits per heavy atom. The molecule has 1 atom stereocenters. The molecule has 0 aromatic heterocycles. The number of carbonyl (C=O) groups excluding carboxylic acids is 2. The van der Waals surface area contributed by atoms with Crippen molar-refractivity contribution in [3.05, 3.63) is 66.0 Å². The molecule has 3 N–H and O–H groups in total. The van der Waals surface area contributed by atoms with Gasteiger partial charge in [-0.25, -0.2) is 4.39 Å². The number of nitrogens with one attached hydrogen (secondary N) is 3. The molecular formula is C24H33FN4O2+2. The highest BCUT2D eigenvalue weighted by atomic mass is 19.1. The van der Waals surface area contributed by atoms with Crippen LogP contribution in [0.1, 0.15) is 19.4 Å². The number of halogens is 1. The van der Waals surface area contributed by atoms with Gasteiger partial charge in [-0.1, -0.05) is 36.4 Å². The molecule has 31 heavy (non-hydrogen) atoms. The lowest BCUT2D eigenvalue weighted by molar-refractivity contribution is -1.01. The largest absolute Gasteiger partial charge is 0.334 e. The lowest BCUT2D eigenvalue weighted by Gasteiger charge is -2.34. The molecule has 166 valence electrons. The molecule has 0 spiro atoms. The molecular weight excluding hydrogens is 395 g/mol. The number of likely N-dealkylation sites (N-methyl/N-ethyl adjacent to an activating group) is 1. The van der Waals surface area contributed by atoms with Crippen molar-refractivity contribution in [2.75, 3.05) is 44.6 Å². The van der Waals surface area contributed by atoms with Crippen molar-refractivity contribution in [2.45, 2.75) is 26.4 Å². The van der Waals surface area contributed by atoms with E-state index in [2.05, 4.69) is 5.32 Å². The van der Waals surface area contributed by atoms with Gasteiger partial charge in [-0.05, 0) is 37.6 Å². The van der Waals surface area contributed by atoms with Crippen molar-refractivity contribution in [3.63, 3.8) is 0 Å². The second-order valence-electron chi connectivity index (χ2n) is 8.20. The maximum atomic E-state index is 13.3. The smallest absolute Gasteiger partial charge is 0.280 e. The number of carbonyl (C=O) groups is 2. The summed E-state index contributed by atoms with van der Waals surface area (Å²) in [6.07, 6.45) is 0. The zero-order valence-corrected chi connectivity index (χ0v) is 18.4. The first-order valence-electron chi connectivity index (χ1n) is 11.0. The summed E-state index contributed by atoms with van der Waals surface area (Å²) in [5.41, 5.74) is 1.62. The Hall–Kier alpha value is -2.77. The number of hydrogen-bond donors (Lipinski definition) is 3. The molecule has 2 amide bonds. The number of rotatable bonds is 8. The van der Waals surface area contributed by atoms with E-state index in [-0.39, 0.29) is 23.7 Å². The Balaban J connectivity index is 1.46. The van der Waals surface area contributed by atoms with Crippen LogP contribution >= 0.6 is 0 Å². The number of nitrogens with zero attached hydrogens (tertiary/aromatic N) is 1. The normalized spacial score (nSPS) is 19.5. The highest BCUT2D eigenvalue weighted by molar-refractivity contribution is 5.91. The second kappa shape index (κ2) is 11.0. The lowest BCUT2D eigenvalue weighted by Crippen LogP contribution is -3.30. The van der Waals surface area contributed by atoms with Crippen LogP contribution in [0.3, 0.4) is 0 Å². The Labute approximate surface area is 183 Å². The van der Waals surface area contributed by atoms with Crippen LogP contribution in [0, 0.1) is 5.82 Å². The van der Waals surface area contributed by atoms with Gasteiger partial charge in [0.15, 0.2) is 12.6 Å². The summed E-state index contributed by atoms with van der Waals surface area (Å²) < 4.78 is 13.3. The third-order valence-electron chi connectivity index (χ3n) is 6.01. The van der Waals surface area contributed by atoms with Crippen LogP contribution in [-0.2, 0) is 16.1 Å². The second-order valence-corrected chi connectivity index (χ2v) is 8.20. The van der Waals surface area contributed by atoms with Crippen molar-refractivity contribution < 1.29 is 23.8 Å². The van der Waals surface area contributed by atoms with Gasteiger partial charge in [0.1, 0.15) is 32.0 Å². The van der Waals surface area contributed by atoms with Crippen molar-refractivity contribution >= 4 is 17.5 Å². The molecule has 0 radical (unpaired) electrons. The minimum Gasteiger partial charge on any atom is -0.334 e. The van der Waals surface area contributed by atoms with Gasteiger partial charge in [-0.2, -0.15) is 0 Å². The number of hydrogen-bond acceptors (Lipinski definition) is 2. The molecule has 0 unspecified atom stereocenters. The molecule has 1 heterocycles. The summed E-state index contributed by atoms with van der Waals surface area (Å²) in [4.78, 5) is 29.7. The van der Waals surface area contributed by atoms with Crippen LogP contribution < -0.4 is 15.1 Å². The first-order chi connectivity index (χ1) is 15.0. The summed E-state index contributed by atoms with van der Waals surface area (Å²) >= 11 is 0. The van der Waals surface area contributed by atoms with Gasteiger partial charge < -0.3 is 20.0 Å². The molecule has 1 saturated heterocycles. The molecule has 0 saturated carbocycles. The van der Waals surface area contributed by atoms with E-state index in [0.717, 1.165) is 31.7 Å². The van der Waals surface area contributed by atoms with Gasteiger partial charge in [-0.3, -0.25) is 9.59 Å². The monoisotopic (exact) mass is 428 g/mol. The SMILES string of the molecule is CCN(Cc1ccccc1)C(=O)[C@@H](C)[NH+]1CC[NH+](CC(=O)Nc2cccc(F)c2)CC1. The Morgan fingerprint density at radius 3 is 2.42 bits per heavy atom. The average Bonchev–Trinajstić information content (AvgIpc) is 2.77. The number of quaternary nitrogens is 2. The zero-order valence-electron chi connectivity index (χ0n) is 18.4. The Morgan fingerprint density at radius 2 is 1.77 bits per heavy atom. The van der Waals surface area contributed by atoms with Gasteiger partial charge >= 0.3 is 0 Å². The van der Waals surface area contributed by atoms with Gasteiger partial charge in [0.05, 0.1) is 0 Å². The van der Waals surface area contributed by atoms with Crippen LogP contribution in [0.5, 0.6) is 0 Å². The average molecular weight is 429 g/mol. The van der Waals surface area contributed by atoms with Crippen LogP contribution in [0.2, 0.25) is 0 Å². The van der Waals surface area contributed by atoms with E-state index < -0.39 is 0 Å². The number of amides is 2. The van der Waals surface area contributed by atoms with E-state index >= 15 is 0 Å². The van der Waals surface area contributed by atoms with Crippen molar-refractivity contribution in [1.82, 2.24) is 4.90 Å². The van der Waals surface area contributed by atoms with E-state index in [1.807, 2.05) is 49.1 Å². The first kappa shape index (κ1) is 22.9. The molecule has 0 aliphatic carbocycles. The molecule has 2 aromatic rings. The van der Waals surface area contributed by atoms with E-state index in [0.29, 0.717) is 25.3 Å². The van der Waals surface area contributed by atoms with E-state index in [1.54, 1.807) is 12.1 Å². The molecule has 1 aliphatic rings. The fraction of sp³-hybridized carbons (Fsp3) is 0.417. The van der Waals surface area contributed by atoms with Gasteiger partial charge in [0.2, 0.25) is 0 Å². The minimum atomic E-state index is -0.366. The molecule has 3 rings (SSSR count). The molecule has 0 bridgehead atoms. The number of benzene rings is 2. The van der Waals surface area contributed by atoms with Gasteiger partial charge in [0, 0.05) is 18.8 Å². The van der Waals surface area contributed by atoms with E-state index in [1.165, 1.54) is 21.9 Å². The van der Waals surface area contributed by atoms with Gasteiger partial charge in [-0.15, -0.1) is 0 Å². The van der Waals surface area contributed by atoms with Crippen LogP contribution in [0.15, 0.2) is 54.6 Å². The molecule has 7 heteroatoms. The minimum absolute atomic E-state index is 0.105. The Bertz CT molecular complexity index is 869. The van der Waals surface area contributed by atoms with Crippen molar-refractivity contribution in [1.29, 1.82) is 0 Å². The highest BCUT2D eigenvalue weighted by Crippen LogP contribution is 2.08. The van der Waals surface area contributed by atoms with E-state index in [9.17, 15) is 14.0 Å². The van der Waals surface area contributed by atoms with E-state index in [4.69, 9.17) is 0 Å². The summed E-state index contributed by atoms with van der Waals surface area (Å²) in [6, 6.07) is 15.9. The van der Waals surface area contributed by atoms with Crippen molar-refractivity contribution in [2.24, 2.45) is 0 Å². The summed E-state index contributed by atoms with van der Waals surface area (Å²) in [5, 5.41) is 2.76.